The zero-order valence-corrected chi connectivity index (χ0v) is 12.7. The van der Waals surface area contributed by atoms with Crippen LogP contribution in [0, 0.1) is 10.1 Å². The van der Waals surface area contributed by atoms with Crippen molar-refractivity contribution in [1.82, 2.24) is 0 Å². The Labute approximate surface area is 125 Å². The minimum Gasteiger partial charge on any atom is -0.385 e. The van der Waals surface area contributed by atoms with Gasteiger partial charge in [-0.25, -0.2) is 0 Å². The fourth-order valence-corrected chi connectivity index (χ4v) is 2.34. The Kier molecular flexibility index (Phi) is 5.38. The molecule has 0 unspecified atom stereocenters. The highest BCUT2D eigenvalue weighted by Crippen LogP contribution is 2.35. The van der Waals surface area contributed by atoms with Crippen LogP contribution < -0.4 is 10.2 Å². The van der Waals surface area contributed by atoms with Gasteiger partial charge in [-0.1, -0.05) is 6.92 Å². The molecule has 0 atom stereocenters. The maximum absolute atomic E-state index is 11.1. The van der Waals surface area contributed by atoms with Gasteiger partial charge < -0.3 is 15.0 Å². The van der Waals surface area contributed by atoms with Crippen molar-refractivity contribution in [1.29, 1.82) is 0 Å². The Morgan fingerprint density at radius 3 is 2.76 bits per heavy atom. The number of benzene rings is 1. The Morgan fingerprint density at radius 1 is 1.43 bits per heavy atom. The first kappa shape index (κ1) is 15.6. The van der Waals surface area contributed by atoms with Gasteiger partial charge in [0.15, 0.2) is 0 Å². The van der Waals surface area contributed by atoms with E-state index < -0.39 is 0 Å². The van der Waals surface area contributed by atoms with Crippen LogP contribution in [0.4, 0.5) is 17.1 Å². The zero-order valence-electron chi connectivity index (χ0n) is 12.7. The maximum atomic E-state index is 11.1. The summed E-state index contributed by atoms with van der Waals surface area (Å²) < 4.78 is 5.15. The Morgan fingerprint density at radius 2 is 2.19 bits per heavy atom. The molecule has 2 rings (SSSR count). The molecule has 6 heteroatoms. The largest absolute Gasteiger partial charge is 0.385 e. The first-order valence-electron chi connectivity index (χ1n) is 7.44. The van der Waals surface area contributed by atoms with Crippen LogP contribution in [-0.2, 0) is 4.74 Å². The second-order valence-electron chi connectivity index (χ2n) is 5.34. The average molecular weight is 293 g/mol. The zero-order chi connectivity index (χ0) is 15.2. The molecule has 0 aromatic heterocycles. The molecule has 21 heavy (non-hydrogen) atoms. The molecular weight excluding hydrogens is 270 g/mol. The SMILES string of the molecule is CCCNc1cc(N(CCOC)C2CC2)cc([N+](=O)[O-])c1. The third-order valence-corrected chi connectivity index (χ3v) is 3.55. The molecular formula is C15H23N3O3. The molecule has 1 fully saturated rings. The molecule has 0 radical (unpaired) electrons. The number of non-ortho nitro benzene ring substituents is 1. The van der Waals surface area contributed by atoms with Crippen LogP contribution in [0.2, 0.25) is 0 Å². The molecule has 1 aromatic carbocycles. The van der Waals surface area contributed by atoms with E-state index in [2.05, 4.69) is 17.1 Å². The van der Waals surface area contributed by atoms with E-state index in [0.717, 1.165) is 43.7 Å². The highest BCUT2D eigenvalue weighted by atomic mass is 16.6. The van der Waals surface area contributed by atoms with Crippen LogP contribution in [0.5, 0.6) is 0 Å². The lowest BCUT2D eigenvalue weighted by atomic mass is 10.2. The molecule has 0 bridgehead atoms. The van der Waals surface area contributed by atoms with Crippen LogP contribution in [0.25, 0.3) is 0 Å². The number of hydrogen-bond donors (Lipinski definition) is 1. The molecule has 116 valence electrons. The van der Waals surface area contributed by atoms with Crippen molar-refractivity contribution in [3.05, 3.63) is 28.3 Å². The van der Waals surface area contributed by atoms with Gasteiger partial charge in [0.25, 0.3) is 5.69 Å². The summed E-state index contributed by atoms with van der Waals surface area (Å²) >= 11 is 0. The summed E-state index contributed by atoms with van der Waals surface area (Å²) in [5.74, 6) is 0. The lowest BCUT2D eigenvalue weighted by Crippen LogP contribution is -2.29. The number of ether oxygens (including phenoxy) is 1. The van der Waals surface area contributed by atoms with E-state index in [9.17, 15) is 10.1 Å². The number of nitrogens with zero attached hydrogens (tertiary/aromatic N) is 2. The Hall–Kier alpha value is -1.82. The van der Waals surface area contributed by atoms with Crippen LogP contribution in [0.3, 0.4) is 0 Å². The summed E-state index contributed by atoms with van der Waals surface area (Å²) in [5.41, 5.74) is 1.85. The van der Waals surface area contributed by atoms with Gasteiger partial charge in [-0.2, -0.15) is 0 Å². The van der Waals surface area contributed by atoms with E-state index in [1.165, 1.54) is 0 Å². The summed E-state index contributed by atoms with van der Waals surface area (Å²) in [6, 6.07) is 5.74. The first-order valence-corrected chi connectivity index (χ1v) is 7.44. The molecule has 1 N–H and O–H groups in total. The lowest BCUT2D eigenvalue weighted by molar-refractivity contribution is -0.384. The Bertz CT molecular complexity index is 489. The Balaban J connectivity index is 2.25. The molecule has 0 heterocycles. The second kappa shape index (κ2) is 7.26. The molecule has 1 saturated carbocycles. The number of anilines is 2. The minimum absolute atomic E-state index is 0.133. The van der Waals surface area contributed by atoms with Crippen LogP contribution in [0.15, 0.2) is 18.2 Å². The van der Waals surface area contributed by atoms with Crippen molar-refractivity contribution in [2.75, 3.05) is 37.0 Å². The van der Waals surface area contributed by atoms with E-state index in [1.807, 2.05) is 6.07 Å². The van der Waals surface area contributed by atoms with Crippen LogP contribution in [-0.4, -0.2) is 37.8 Å². The van der Waals surface area contributed by atoms with Crippen LogP contribution >= 0.6 is 0 Å². The van der Waals surface area contributed by atoms with Gasteiger partial charge in [-0.15, -0.1) is 0 Å². The molecule has 1 aliphatic carbocycles. The lowest BCUT2D eigenvalue weighted by Gasteiger charge is -2.25. The number of hydrogen-bond acceptors (Lipinski definition) is 5. The summed E-state index contributed by atoms with van der Waals surface area (Å²) in [5, 5.41) is 14.4. The normalized spacial score (nSPS) is 14.0. The number of rotatable bonds is 9. The van der Waals surface area contributed by atoms with Crippen molar-refractivity contribution in [2.24, 2.45) is 0 Å². The monoisotopic (exact) mass is 293 g/mol. The van der Waals surface area contributed by atoms with Gasteiger partial charge in [-0.3, -0.25) is 10.1 Å². The summed E-state index contributed by atoms with van der Waals surface area (Å²) in [6.45, 7) is 4.26. The third-order valence-electron chi connectivity index (χ3n) is 3.55. The predicted octanol–water partition coefficient (Wildman–Crippen LogP) is 3.03. The van der Waals surface area contributed by atoms with Crippen LogP contribution in [0.1, 0.15) is 26.2 Å². The quantitative estimate of drug-likeness (QED) is 0.560. The van der Waals surface area contributed by atoms with E-state index in [1.54, 1.807) is 19.2 Å². The fourth-order valence-electron chi connectivity index (χ4n) is 2.34. The van der Waals surface area contributed by atoms with Gasteiger partial charge in [-0.05, 0) is 25.3 Å². The average Bonchev–Trinajstić information content (AvgIpc) is 3.30. The van der Waals surface area contributed by atoms with E-state index in [4.69, 9.17) is 4.74 Å². The number of nitro groups is 1. The highest BCUT2D eigenvalue weighted by Gasteiger charge is 2.30. The second-order valence-corrected chi connectivity index (χ2v) is 5.34. The van der Waals surface area contributed by atoms with Gasteiger partial charge in [0.05, 0.1) is 11.5 Å². The summed E-state index contributed by atoms with van der Waals surface area (Å²) in [6.07, 6.45) is 3.27. The smallest absolute Gasteiger partial charge is 0.273 e. The van der Waals surface area contributed by atoms with E-state index in [-0.39, 0.29) is 10.6 Å². The number of nitrogens with one attached hydrogen (secondary N) is 1. The molecule has 6 nitrogen and oxygen atoms in total. The van der Waals surface area contributed by atoms with E-state index >= 15 is 0 Å². The van der Waals surface area contributed by atoms with Crippen molar-refractivity contribution in [3.63, 3.8) is 0 Å². The highest BCUT2D eigenvalue weighted by molar-refractivity contribution is 5.65. The third kappa shape index (κ3) is 4.32. The topological polar surface area (TPSA) is 67.6 Å². The fraction of sp³-hybridized carbons (Fsp3) is 0.600. The molecule has 0 spiro atoms. The van der Waals surface area contributed by atoms with Crippen molar-refractivity contribution >= 4 is 17.1 Å². The van der Waals surface area contributed by atoms with E-state index in [0.29, 0.717) is 12.6 Å². The van der Waals surface area contributed by atoms with Crippen molar-refractivity contribution in [3.8, 4) is 0 Å². The number of nitro benzene ring substituents is 1. The molecule has 0 saturated heterocycles. The maximum Gasteiger partial charge on any atom is 0.273 e. The van der Waals surface area contributed by atoms with Gasteiger partial charge >= 0.3 is 0 Å². The molecule has 0 aliphatic heterocycles. The van der Waals surface area contributed by atoms with Crippen molar-refractivity contribution in [2.45, 2.75) is 32.2 Å². The molecule has 1 aliphatic rings. The van der Waals surface area contributed by atoms with Gasteiger partial charge in [0.1, 0.15) is 0 Å². The summed E-state index contributed by atoms with van der Waals surface area (Å²) in [7, 11) is 1.67. The van der Waals surface area contributed by atoms with Gasteiger partial charge in [0, 0.05) is 49.7 Å². The molecule has 0 amide bonds. The first-order chi connectivity index (χ1) is 10.2. The standard InChI is InChI=1S/C15H23N3O3/c1-3-6-16-12-9-14(11-15(10-12)18(19)20)17(7-8-21-2)13-4-5-13/h9-11,13,16H,3-8H2,1-2H3. The molecule has 1 aromatic rings. The predicted molar refractivity (Wildman–Crippen MR) is 84.1 cm³/mol. The van der Waals surface area contributed by atoms with Gasteiger partial charge in [0.2, 0.25) is 0 Å². The summed E-state index contributed by atoms with van der Waals surface area (Å²) in [4.78, 5) is 13.0. The van der Waals surface area contributed by atoms with Crippen molar-refractivity contribution < 1.29 is 9.66 Å². The minimum atomic E-state index is -0.331. The number of methoxy groups -OCH3 is 1.